The van der Waals surface area contributed by atoms with Crippen LogP contribution >= 0.6 is 0 Å². The Labute approximate surface area is 109 Å². The van der Waals surface area contributed by atoms with Gasteiger partial charge < -0.3 is 5.11 Å². The minimum atomic E-state index is -0.239. The molecule has 0 spiro atoms. The number of aliphatic hydroxyl groups is 1. The average Bonchev–Trinajstić information content (AvgIpc) is 2.33. The molecule has 2 rings (SSSR count). The lowest BCUT2D eigenvalue weighted by Crippen LogP contribution is -2.53. The number of piperazine rings is 1. The normalized spacial score (nSPS) is 24.1. The molecular weight excluding hydrogens is 226 g/mol. The van der Waals surface area contributed by atoms with Crippen LogP contribution in [-0.2, 0) is 6.54 Å². The summed E-state index contributed by atoms with van der Waals surface area (Å²) in [6.45, 7) is 9.00. The van der Waals surface area contributed by atoms with E-state index in [-0.39, 0.29) is 6.10 Å². The average molecular weight is 249 g/mol. The van der Waals surface area contributed by atoms with Crippen molar-refractivity contribution in [1.82, 2.24) is 14.8 Å². The Hall–Kier alpha value is -0.970. The van der Waals surface area contributed by atoms with Crippen LogP contribution in [0.25, 0.3) is 0 Å². The number of hydrogen-bond donors (Lipinski definition) is 1. The van der Waals surface area contributed by atoms with Crippen LogP contribution in [0.15, 0.2) is 24.5 Å². The van der Waals surface area contributed by atoms with Gasteiger partial charge in [0.25, 0.3) is 0 Å². The van der Waals surface area contributed by atoms with Gasteiger partial charge in [-0.1, -0.05) is 6.07 Å². The van der Waals surface area contributed by atoms with Crippen LogP contribution in [0.4, 0.5) is 0 Å². The number of aromatic nitrogens is 1. The predicted octanol–water partition coefficient (Wildman–Crippen LogP) is 0.968. The third kappa shape index (κ3) is 3.77. The van der Waals surface area contributed by atoms with Crippen molar-refractivity contribution in [3.05, 3.63) is 30.1 Å². The largest absolute Gasteiger partial charge is 0.392 e. The Bertz CT molecular complexity index is 355. The van der Waals surface area contributed by atoms with Crippen LogP contribution in [0.5, 0.6) is 0 Å². The second-order valence-corrected chi connectivity index (χ2v) is 5.29. The highest BCUT2D eigenvalue weighted by Gasteiger charge is 2.24. The van der Waals surface area contributed by atoms with Crippen LogP contribution in [-0.4, -0.2) is 58.2 Å². The molecular formula is C14H23N3O. The molecule has 1 N–H and O–H groups in total. The van der Waals surface area contributed by atoms with Gasteiger partial charge in [0.2, 0.25) is 0 Å². The minimum absolute atomic E-state index is 0.239. The van der Waals surface area contributed by atoms with Gasteiger partial charge in [-0.15, -0.1) is 0 Å². The van der Waals surface area contributed by atoms with E-state index >= 15 is 0 Å². The molecule has 0 aromatic carbocycles. The van der Waals surface area contributed by atoms with E-state index in [1.54, 1.807) is 0 Å². The lowest BCUT2D eigenvalue weighted by atomic mass is 10.1. The maximum absolute atomic E-state index is 9.46. The zero-order valence-electron chi connectivity index (χ0n) is 11.3. The Morgan fingerprint density at radius 3 is 2.94 bits per heavy atom. The van der Waals surface area contributed by atoms with Crippen molar-refractivity contribution in [2.45, 2.75) is 32.5 Å². The molecule has 0 radical (unpaired) electrons. The highest BCUT2D eigenvalue weighted by Crippen LogP contribution is 2.12. The first-order valence-corrected chi connectivity index (χ1v) is 6.68. The molecule has 0 unspecified atom stereocenters. The molecule has 0 aliphatic carbocycles. The van der Waals surface area contributed by atoms with Gasteiger partial charge in [-0.25, -0.2) is 0 Å². The topological polar surface area (TPSA) is 39.6 Å². The van der Waals surface area contributed by atoms with Crippen molar-refractivity contribution >= 4 is 0 Å². The molecule has 0 amide bonds. The maximum atomic E-state index is 9.46. The number of β-amino-alcohol motifs (C(OH)–C–C–N with tert-alkyl or cyclic N) is 1. The zero-order chi connectivity index (χ0) is 13.0. The molecule has 1 saturated heterocycles. The van der Waals surface area contributed by atoms with Gasteiger partial charge in [0.05, 0.1) is 6.10 Å². The van der Waals surface area contributed by atoms with Gasteiger partial charge in [-0.3, -0.25) is 14.8 Å². The van der Waals surface area contributed by atoms with Gasteiger partial charge in [0, 0.05) is 51.2 Å². The maximum Gasteiger partial charge on any atom is 0.0639 e. The van der Waals surface area contributed by atoms with Gasteiger partial charge in [-0.2, -0.15) is 0 Å². The molecule has 4 nitrogen and oxygen atoms in total. The van der Waals surface area contributed by atoms with E-state index in [2.05, 4.69) is 27.8 Å². The molecule has 1 aromatic rings. The van der Waals surface area contributed by atoms with Crippen LogP contribution in [0, 0.1) is 0 Å². The summed E-state index contributed by atoms with van der Waals surface area (Å²) in [5.74, 6) is 0. The number of aliphatic hydroxyl groups excluding tert-OH is 1. The quantitative estimate of drug-likeness (QED) is 0.863. The molecule has 0 saturated carbocycles. The second kappa shape index (κ2) is 6.27. The lowest BCUT2D eigenvalue weighted by molar-refractivity contribution is 0.0422. The zero-order valence-corrected chi connectivity index (χ0v) is 11.3. The molecule has 1 fully saturated rings. The van der Waals surface area contributed by atoms with E-state index < -0.39 is 0 Å². The van der Waals surface area contributed by atoms with Crippen molar-refractivity contribution in [2.75, 3.05) is 26.2 Å². The van der Waals surface area contributed by atoms with Crippen LogP contribution in [0.1, 0.15) is 19.4 Å². The summed E-state index contributed by atoms with van der Waals surface area (Å²) >= 11 is 0. The molecule has 2 atom stereocenters. The Morgan fingerprint density at radius 2 is 2.33 bits per heavy atom. The summed E-state index contributed by atoms with van der Waals surface area (Å²) in [4.78, 5) is 8.98. The first-order valence-electron chi connectivity index (χ1n) is 6.68. The van der Waals surface area contributed by atoms with Crippen molar-refractivity contribution in [2.24, 2.45) is 0 Å². The fourth-order valence-electron chi connectivity index (χ4n) is 2.57. The predicted molar refractivity (Wildman–Crippen MR) is 72.2 cm³/mol. The van der Waals surface area contributed by atoms with Gasteiger partial charge in [0.15, 0.2) is 0 Å². The Kier molecular flexibility index (Phi) is 4.69. The highest BCUT2D eigenvalue weighted by molar-refractivity contribution is 5.08. The summed E-state index contributed by atoms with van der Waals surface area (Å²) in [5, 5.41) is 9.46. The Balaban J connectivity index is 1.85. The van der Waals surface area contributed by atoms with Crippen LogP contribution in [0.2, 0.25) is 0 Å². The minimum Gasteiger partial charge on any atom is -0.392 e. The molecule has 4 heteroatoms. The van der Waals surface area contributed by atoms with Gasteiger partial charge in [0.1, 0.15) is 0 Å². The molecule has 1 aromatic heterocycles. The van der Waals surface area contributed by atoms with E-state index in [0.717, 1.165) is 32.7 Å². The number of rotatable bonds is 4. The molecule has 1 aliphatic rings. The standard InChI is InChI=1S/C14H23N3O/c1-12-9-16(6-7-17(12)10-13(2)18)11-14-4-3-5-15-8-14/h3-5,8,12-13,18H,6-7,9-11H2,1-2H3/t12-,13-/m0/s1. The van der Waals surface area contributed by atoms with Crippen LogP contribution < -0.4 is 0 Å². The smallest absolute Gasteiger partial charge is 0.0639 e. The number of nitrogens with zero attached hydrogens (tertiary/aromatic N) is 3. The molecule has 0 bridgehead atoms. The fraction of sp³-hybridized carbons (Fsp3) is 0.643. The van der Waals surface area contributed by atoms with E-state index in [1.807, 2.05) is 25.4 Å². The first-order chi connectivity index (χ1) is 8.65. The summed E-state index contributed by atoms with van der Waals surface area (Å²) < 4.78 is 0. The van der Waals surface area contributed by atoms with E-state index in [9.17, 15) is 5.11 Å². The summed E-state index contributed by atoms with van der Waals surface area (Å²) in [7, 11) is 0. The number of pyridine rings is 1. The summed E-state index contributed by atoms with van der Waals surface area (Å²) in [6, 6.07) is 4.62. The van der Waals surface area contributed by atoms with Gasteiger partial charge >= 0.3 is 0 Å². The van der Waals surface area contributed by atoms with Crippen molar-refractivity contribution in [3.63, 3.8) is 0 Å². The molecule has 18 heavy (non-hydrogen) atoms. The van der Waals surface area contributed by atoms with E-state index in [1.165, 1.54) is 5.56 Å². The first kappa shape index (κ1) is 13.5. The molecule has 1 aliphatic heterocycles. The SMILES string of the molecule is C[C@H](O)CN1CCN(Cc2cccnc2)C[C@@H]1C. The van der Waals surface area contributed by atoms with Crippen molar-refractivity contribution in [1.29, 1.82) is 0 Å². The fourth-order valence-corrected chi connectivity index (χ4v) is 2.57. The summed E-state index contributed by atoms with van der Waals surface area (Å²) in [5.41, 5.74) is 1.27. The van der Waals surface area contributed by atoms with E-state index in [0.29, 0.717) is 6.04 Å². The van der Waals surface area contributed by atoms with Crippen molar-refractivity contribution < 1.29 is 5.11 Å². The summed E-state index contributed by atoms with van der Waals surface area (Å²) in [6.07, 6.45) is 3.51. The van der Waals surface area contributed by atoms with Gasteiger partial charge in [-0.05, 0) is 25.5 Å². The highest BCUT2D eigenvalue weighted by atomic mass is 16.3. The Morgan fingerprint density at radius 1 is 1.50 bits per heavy atom. The molecule has 2 heterocycles. The third-order valence-corrected chi connectivity index (χ3v) is 3.48. The van der Waals surface area contributed by atoms with E-state index in [4.69, 9.17) is 0 Å². The molecule has 100 valence electrons. The third-order valence-electron chi connectivity index (χ3n) is 3.48. The number of hydrogen-bond acceptors (Lipinski definition) is 4. The second-order valence-electron chi connectivity index (χ2n) is 5.29. The van der Waals surface area contributed by atoms with Crippen molar-refractivity contribution in [3.8, 4) is 0 Å². The van der Waals surface area contributed by atoms with Crippen LogP contribution in [0.3, 0.4) is 0 Å². The monoisotopic (exact) mass is 249 g/mol. The lowest BCUT2D eigenvalue weighted by Gasteiger charge is -2.40.